The first-order chi connectivity index (χ1) is 14.2. The molecule has 2 aromatic heterocycles. The van der Waals surface area contributed by atoms with Crippen LogP contribution in [0.5, 0.6) is 0 Å². The molecule has 5 rings (SSSR count). The normalized spacial score (nSPS) is 15.6. The van der Waals surface area contributed by atoms with Gasteiger partial charge in [0.2, 0.25) is 0 Å². The van der Waals surface area contributed by atoms with Crippen LogP contribution in [0.25, 0.3) is 22.1 Å². The molecule has 4 aromatic rings. The minimum atomic E-state index is -0.419. The second-order valence-corrected chi connectivity index (χ2v) is 7.50. The zero-order valence-electron chi connectivity index (χ0n) is 16.0. The molecule has 0 unspecified atom stereocenters. The number of halogens is 1. The summed E-state index contributed by atoms with van der Waals surface area (Å²) < 4.78 is 24.4. The van der Waals surface area contributed by atoms with Crippen LogP contribution >= 0.6 is 0 Å². The summed E-state index contributed by atoms with van der Waals surface area (Å²) in [6.07, 6.45) is 3.60. The van der Waals surface area contributed by atoms with E-state index in [4.69, 9.17) is 8.83 Å². The van der Waals surface area contributed by atoms with Gasteiger partial charge in [-0.05, 0) is 55.3 Å². The van der Waals surface area contributed by atoms with E-state index >= 15 is 0 Å². The third kappa shape index (κ3) is 3.53. The Kier molecular flexibility index (Phi) is 4.60. The first-order valence-electron chi connectivity index (χ1n) is 9.92. The van der Waals surface area contributed by atoms with Gasteiger partial charge in [-0.3, -0.25) is 9.88 Å². The number of benzene rings is 2. The van der Waals surface area contributed by atoms with E-state index in [0.717, 1.165) is 73.3 Å². The maximum absolute atomic E-state index is 13.5. The molecule has 0 radical (unpaired) electrons. The third-order valence-corrected chi connectivity index (χ3v) is 5.67. The van der Waals surface area contributed by atoms with Crippen LogP contribution < -0.4 is 10.7 Å². The summed E-state index contributed by atoms with van der Waals surface area (Å²) in [7, 11) is 0. The van der Waals surface area contributed by atoms with Crippen LogP contribution in [0.2, 0.25) is 0 Å². The lowest BCUT2D eigenvalue weighted by Crippen LogP contribution is -2.46. The number of oxazole rings is 1. The van der Waals surface area contributed by atoms with Gasteiger partial charge in [0.1, 0.15) is 11.4 Å². The van der Waals surface area contributed by atoms with Crippen LogP contribution in [0.3, 0.4) is 0 Å². The number of hydrogen-bond acceptors (Lipinski definition) is 5. The predicted molar refractivity (Wildman–Crippen MR) is 110 cm³/mol. The Bertz CT molecular complexity index is 1200. The van der Waals surface area contributed by atoms with E-state index in [1.807, 2.05) is 18.2 Å². The average molecular weight is 395 g/mol. The molecule has 1 N–H and O–H groups in total. The van der Waals surface area contributed by atoms with E-state index < -0.39 is 5.76 Å². The molecule has 1 aliphatic rings. The molecular formula is C22H22FN3O3. The number of nitrogens with one attached hydrogen (secondary N) is 1. The molecule has 3 heterocycles. The largest absolute Gasteiger partial charge is 0.464 e. The fraction of sp³-hybridized carbons (Fsp3) is 0.318. The molecule has 0 aliphatic carbocycles. The predicted octanol–water partition coefficient (Wildman–Crippen LogP) is 3.76. The maximum atomic E-state index is 13.5. The van der Waals surface area contributed by atoms with Crippen molar-refractivity contribution >= 4 is 27.8 Å². The first kappa shape index (κ1) is 18.0. The number of piperazine rings is 1. The minimum absolute atomic E-state index is 0.232. The maximum Gasteiger partial charge on any atom is 0.417 e. The van der Waals surface area contributed by atoms with Crippen LogP contribution in [-0.2, 0) is 6.42 Å². The van der Waals surface area contributed by atoms with Gasteiger partial charge in [-0.15, -0.1) is 0 Å². The number of aromatic nitrogens is 1. The summed E-state index contributed by atoms with van der Waals surface area (Å²) in [4.78, 5) is 18.9. The summed E-state index contributed by atoms with van der Waals surface area (Å²) in [5, 5.41) is 0.871. The Labute approximate surface area is 166 Å². The highest BCUT2D eigenvalue weighted by molar-refractivity contribution is 5.86. The lowest BCUT2D eigenvalue weighted by Gasteiger charge is -2.36. The number of aryl methyl sites for hydroxylation is 1. The van der Waals surface area contributed by atoms with Crippen LogP contribution in [0.4, 0.5) is 10.1 Å². The van der Waals surface area contributed by atoms with Crippen molar-refractivity contribution in [3.8, 4) is 0 Å². The summed E-state index contributed by atoms with van der Waals surface area (Å²) in [5.41, 5.74) is 4.13. The van der Waals surface area contributed by atoms with Gasteiger partial charge in [0.05, 0.1) is 17.5 Å². The van der Waals surface area contributed by atoms with Gasteiger partial charge in [-0.2, -0.15) is 0 Å². The Morgan fingerprint density at radius 1 is 1.10 bits per heavy atom. The Morgan fingerprint density at radius 3 is 2.83 bits per heavy atom. The van der Waals surface area contributed by atoms with Crippen LogP contribution in [0, 0.1) is 5.82 Å². The molecule has 1 saturated heterocycles. The number of hydrogen-bond donors (Lipinski definition) is 1. The summed E-state index contributed by atoms with van der Waals surface area (Å²) >= 11 is 0. The number of anilines is 1. The number of H-pyrrole nitrogens is 1. The summed E-state index contributed by atoms with van der Waals surface area (Å²) in [5.74, 6) is -0.651. The van der Waals surface area contributed by atoms with E-state index in [-0.39, 0.29) is 5.82 Å². The second-order valence-electron chi connectivity index (χ2n) is 7.50. The molecule has 0 atom stereocenters. The van der Waals surface area contributed by atoms with Gasteiger partial charge in [0.15, 0.2) is 5.58 Å². The second kappa shape index (κ2) is 7.40. The van der Waals surface area contributed by atoms with Crippen molar-refractivity contribution in [3.05, 3.63) is 64.6 Å². The monoisotopic (exact) mass is 395 g/mol. The van der Waals surface area contributed by atoms with Crippen LogP contribution in [0.1, 0.15) is 12.0 Å². The molecule has 150 valence electrons. The van der Waals surface area contributed by atoms with Crippen molar-refractivity contribution in [1.82, 2.24) is 9.88 Å². The number of furan rings is 1. The smallest absolute Gasteiger partial charge is 0.417 e. The van der Waals surface area contributed by atoms with Crippen molar-refractivity contribution in [1.29, 1.82) is 0 Å². The zero-order valence-corrected chi connectivity index (χ0v) is 16.0. The SMILES string of the molecule is O=c1[nH]c2cccc(N3CCN(CCCc4coc5ccc(F)cc45)CC3)c2o1. The Balaban J connectivity index is 1.18. The third-order valence-electron chi connectivity index (χ3n) is 5.67. The fourth-order valence-corrected chi connectivity index (χ4v) is 4.16. The van der Waals surface area contributed by atoms with Gasteiger partial charge >= 0.3 is 5.76 Å². The van der Waals surface area contributed by atoms with E-state index in [1.165, 1.54) is 6.07 Å². The molecule has 29 heavy (non-hydrogen) atoms. The number of fused-ring (bicyclic) bond motifs is 2. The molecule has 0 spiro atoms. The Morgan fingerprint density at radius 2 is 1.97 bits per heavy atom. The van der Waals surface area contributed by atoms with Gasteiger partial charge < -0.3 is 13.7 Å². The fourth-order valence-electron chi connectivity index (χ4n) is 4.16. The highest BCUT2D eigenvalue weighted by atomic mass is 19.1. The van der Waals surface area contributed by atoms with Crippen molar-refractivity contribution < 1.29 is 13.2 Å². The first-order valence-corrected chi connectivity index (χ1v) is 9.92. The molecule has 0 amide bonds. The molecule has 1 aliphatic heterocycles. The summed E-state index contributed by atoms with van der Waals surface area (Å²) in [6.45, 7) is 4.65. The highest BCUT2D eigenvalue weighted by Gasteiger charge is 2.20. The lowest BCUT2D eigenvalue weighted by atomic mass is 10.1. The molecule has 7 heteroatoms. The Hall–Kier alpha value is -3.06. The molecular weight excluding hydrogens is 373 g/mol. The molecule has 1 fully saturated rings. The number of nitrogens with zero attached hydrogens (tertiary/aromatic N) is 2. The lowest BCUT2D eigenvalue weighted by molar-refractivity contribution is 0.255. The molecule has 0 bridgehead atoms. The van der Waals surface area contributed by atoms with Crippen LogP contribution in [0.15, 0.2) is 56.3 Å². The standard InChI is InChI=1S/C22H22FN3O3/c23-16-6-7-20-17(13-16)15(14-28-20)3-2-8-25-9-11-26(12-10-25)19-5-1-4-18-21(19)29-22(27)24-18/h1,4-7,13-14H,2-3,8-12H2,(H,24,27). The van der Waals surface area contributed by atoms with E-state index in [9.17, 15) is 9.18 Å². The van der Waals surface area contributed by atoms with E-state index in [1.54, 1.807) is 18.4 Å². The number of aromatic amines is 1. The number of rotatable bonds is 5. The van der Waals surface area contributed by atoms with Gasteiger partial charge in [-0.1, -0.05) is 6.07 Å². The van der Waals surface area contributed by atoms with Gasteiger partial charge in [0, 0.05) is 31.6 Å². The highest BCUT2D eigenvalue weighted by Crippen LogP contribution is 2.26. The quantitative estimate of drug-likeness (QED) is 0.557. The topological polar surface area (TPSA) is 65.6 Å². The van der Waals surface area contributed by atoms with E-state index in [0.29, 0.717) is 5.58 Å². The average Bonchev–Trinajstić information content (AvgIpc) is 3.30. The summed E-state index contributed by atoms with van der Waals surface area (Å²) in [6, 6.07) is 10.4. The van der Waals surface area contributed by atoms with E-state index in [2.05, 4.69) is 14.8 Å². The van der Waals surface area contributed by atoms with Crippen molar-refractivity contribution in [2.45, 2.75) is 12.8 Å². The molecule has 6 nitrogen and oxygen atoms in total. The minimum Gasteiger partial charge on any atom is -0.464 e. The van der Waals surface area contributed by atoms with Crippen LogP contribution in [-0.4, -0.2) is 42.6 Å². The van der Waals surface area contributed by atoms with Crippen molar-refractivity contribution in [2.75, 3.05) is 37.6 Å². The van der Waals surface area contributed by atoms with Gasteiger partial charge in [-0.25, -0.2) is 9.18 Å². The zero-order chi connectivity index (χ0) is 19.8. The van der Waals surface area contributed by atoms with Gasteiger partial charge in [0.25, 0.3) is 0 Å². The molecule has 2 aromatic carbocycles. The van der Waals surface area contributed by atoms with Crippen molar-refractivity contribution in [2.24, 2.45) is 0 Å². The molecule has 0 saturated carbocycles. The van der Waals surface area contributed by atoms with Crippen molar-refractivity contribution in [3.63, 3.8) is 0 Å². The number of para-hydroxylation sites is 1.